The van der Waals surface area contributed by atoms with Crippen molar-refractivity contribution in [2.75, 3.05) is 13.7 Å². The summed E-state index contributed by atoms with van der Waals surface area (Å²) in [6, 6.07) is 11.1. The smallest absolute Gasteiger partial charge is 0.160 e. The van der Waals surface area contributed by atoms with Crippen molar-refractivity contribution in [1.82, 2.24) is 0 Å². The molecule has 128 valence electrons. The van der Waals surface area contributed by atoms with Gasteiger partial charge in [-0.2, -0.15) is 0 Å². The fourth-order valence-electron chi connectivity index (χ4n) is 3.10. The first-order chi connectivity index (χ1) is 11.5. The molecule has 1 heterocycles. The van der Waals surface area contributed by atoms with Crippen LogP contribution in [0.2, 0.25) is 0 Å². The topological polar surface area (TPSA) is 99.4 Å². The second-order valence-corrected chi connectivity index (χ2v) is 5.86. The number of aliphatic hydroxyl groups is 2. The van der Waals surface area contributed by atoms with Gasteiger partial charge in [0.25, 0.3) is 0 Å². The molecular formula is C18H20O6. The number of phenols is 2. The molecule has 2 aromatic rings. The highest BCUT2D eigenvalue weighted by atomic mass is 16.5. The highest BCUT2D eigenvalue weighted by molar-refractivity contribution is 5.43. The molecule has 0 aromatic heterocycles. The van der Waals surface area contributed by atoms with Gasteiger partial charge in [0, 0.05) is 5.92 Å². The molecule has 2 aromatic carbocycles. The Morgan fingerprint density at radius 3 is 2.33 bits per heavy atom. The number of hydrogen-bond acceptors (Lipinski definition) is 6. The average Bonchev–Trinajstić information content (AvgIpc) is 2.57. The van der Waals surface area contributed by atoms with Gasteiger partial charge < -0.3 is 29.9 Å². The van der Waals surface area contributed by atoms with Crippen LogP contribution in [0.15, 0.2) is 42.5 Å². The van der Waals surface area contributed by atoms with E-state index in [1.165, 1.54) is 25.3 Å². The molecule has 0 radical (unpaired) electrons. The van der Waals surface area contributed by atoms with Crippen LogP contribution >= 0.6 is 0 Å². The highest BCUT2D eigenvalue weighted by Gasteiger charge is 2.40. The van der Waals surface area contributed by atoms with E-state index in [0.717, 1.165) is 0 Å². The minimum atomic E-state index is -0.993. The van der Waals surface area contributed by atoms with Gasteiger partial charge in [0.2, 0.25) is 0 Å². The fraction of sp³-hybridized carbons (Fsp3) is 0.333. The van der Waals surface area contributed by atoms with Crippen molar-refractivity contribution >= 4 is 0 Å². The van der Waals surface area contributed by atoms with E-state index in [1.807, 2.05) is 0 Å². The molecule has 4 atom stereocenters. The van der Waals surface area contributed by atoms with Crippen molar-refractivity contribution < 1.29 is 29.9 Å². The largest absolute Gasteiger partial charge is 0.508 e. The summed E-state index contributed by atoms with van der Waals surface area (Å²) in [6.07, 6.45) is -2.52. The summed E-state index contributed by atoms with van der Waals surface area (Å²) < 4.78 is 10.7. The zero-order valence-corrected chi connectivity index (χ0v) is 13.2. The maximum atomic E-state index is 10.8. The van der Waals surface area contributed by atoms with Crippen LogP contribution in [0.4, 0.5) is 0 Å². The SMILES string of the molecule is COc1cc([C@@H]2OC[C@@H](O)[C@H](c3ccc(O)cc3)[C@H]2O)ccc1O. The van der Waals surface area contributed by atoms with E-state index in [1.54, 1.807) is 24.3 Å². The van der Waals surface area contributed by atoms with E-state index < -0.39 is 24.2 Å². The zero-order chi connectivity index (χ0) is 17.3. The maximum Gasteiger partial charge on any atom is 0.160 e. The fourth-order valence-corrected chi connectivity index (χ4v) is 3.10. The van der Waals surface area contributed by atoms with Gasteiger partial charge in [-0.25, -0.2) is 0 Å². The van der Waals surface area contributed by atoms with E-state index in [-0.39, 0.29) is 23.9 Å². The van der Waals surface area contributed by atoms with Gasteiger partial charge in [0.1, 0.15) is 11.9 Å². The minimum absolute atomic E-state index is 0.00154. The zero-order valence-electron chi connectivity index (χ0n) is 13.2. The molecule has 0 bridgehead atoms. The van der Waals surface area contributed by atoms with Crippen molar-refractivity contribution in [3.05, 3.63) is 53.6 Å². The number of rotatable bonds is 3. The van der Waals surface area contributed by atoms with Gasteiger partial charge in [0.15, 0.2) is 11.5 Å². The van der Waals surface area contributed by atoms with Gasteiger partial charge in [-0.05, 0) is 35.4 Å². The summed E-state index contributed by atoms with van der Waals surface area (Å²) in [5.41, 5.74) is 1.36. The molecule has 1 aliphatic heterocycles. The lowest BCUT2D eigenvalue weighted by molar-refractivity contribution is -0.139. The van der Waals surface area contributed by atoms with Crippen molar-refractivity contribution in [2.45, 2.75) is 24.2 Å². The van der Waals surface area contributed by atoms with Crippen molar-refractivity contribution in [2.24, 2.45) is 0 Å². The predicted octanol–water partition coefficient (Wildman–Crippen LogP) is 1.68. The van der Waals surface area contributed by atoms with Crippen molar-refractivity contribution in [3.63, 3.8) is 0 Å². The van der Waals surface area contributed by atoms with Gasteiger partial charge in [-0.3, -0.25) is 0 Å². The molecule has 0 amide bonds. The third-order valence-electron chi connectivity index (χ3n) is 4.35. The summed E-state index contributed by atoms with van der Waals surface area (Å²) in [7, 11) is 1.44. The molecule has 0 saturated carbocycles. The number of methoxy groups -OCH3 is 1. The Labute approximate surface area is 139 Å². The lowest BCUT2D eigenvalue weighted by atomic mass is 9.82. The van der Waals surface area contributed by atoms with E-state index in [0.29, 0.717) is 11.1 Å². The van der Waals surface area contributed by atoms with E-state index >= 15 is 0 Å². The summed E-state index contributed by atoms with van der Waals surface area (Å²) in [4.78, 5) is 0. The third kappa shape index (κ3) is 3.03. The molecule has 24 heavy (non-hydrogen) atoms. The second-order valence-electron chi connectivity index (χ2n) is 5.86. The standard InChI is InChI=1S/C18H20O6/c1-23-15-8-11(4-7-13(15)20)18-17(22)16(14(21)9-24-18)10-2-5-12(19)6-3-10/h2-8,14,16-22H,9H2,1H3/t14-,16+,17-,18+/m1/s1. The van der Waals surface area contributed by atoms with E-state index in [2.05, 4.69) is 0 Å². The van der Waals surface area contributed by atoms with Crippen molar-refractivity contribution in [3.8, 4) is 17.2 Å². The Kier molecular flexibility index (Phi) is 4.62. The maximum absolute atomic E-state index is 10.8. The molecule has 0 spiro atoms. The summed E-state index contributed by atoms with van der Waals surface area (Å²) >= 11 is 0. The van der Waals surface area contributed by atoms with E-state index in [4.69, 9.17) is 9.47 Å². The lowest BCUT2D eigenvalue weighted by Gasteiger charge is -2.38. The quantitative estimate of drug-likeness (QED) is 0.682. The first kappa shape index (κ1) is 16.6. The Bertz CT molecular complexity index is 699. The van der Waals surface area contributed by atoms with Gasteiger partial charge in [-0.15, -0.1) is 0 Å². The molecule has 0 aliphatic carbocycles. The van der Waals surface area contributed by atoms with Crippen LogP contribution in [0.5, 0.6) is 17.2 Å². The first-order valence-corrected chi connectivity index (χ1v) is 7.65. The number of phenolic OH excluding ortho intramolecular Hbond substituents is 2. The molecule has 1 fully saturated rings. The number of aliphatic hydroxyl groups excluding tert-OH is 2. The normalized spacial score (nSPS) is 27.0. The van der Waals surface area contributed by atoms with Crippen LogP contribution in [-0.2, 0) is 4.74 Å². The first-order valence-electron chi connectivity index (χ1n) is 7.65. The number of aromatic hydroxyl groups is 2. The van der Waals surface area contributed by atoms with Crippen LogP contribution in [-0.4, -0.2) is 46.4 Å². The molecule has 1 aliphatic rings. The minimum Gasteiger partial charge on any atom is -0.508 e. The Morgan fingerprint density at radius 1 is 1.00 bits per heavy atom. The predicted molar refractivity (Wildman–Crippen MR) is 86.2 cm³/mol. The molecule has 4 N–H and O–H groups in total. The van der Waals surface area contributed by atoms with E-state index in [9.17, 15) is 20.4 Å². The molecule has 1 saturated heterocycles. The summed E-state index contributed by atoms with van der Waals surface area (Å²) in [6.45, 7) is 0.0659. The monoisotopic (exact) mass is 332 g/mol. The molecule has 3 rings (SSSR count). The number of benzene rings is 2. The molecule has 6 nitrogen and oxygen atoms in total. The summed E-state index contributed by atoms with van der Waals surface area (Å²) in [5, 5.41) is 40.1. The Hall–Kier alpha value is -2.28. The molecular weight excluding hydrogens is 312 g/mol. The lowest BCUT2D eigenvalue weighted by Crippen LogP contribution is -2.43. The van der Waals surface area contributed by atoms with Gasteiger partial charge in [-0.1, -0.05) is 18.2 Å². The third-order valence-corrected chi connectivity index (χ3v) is 4.35. The van der Waals surface area contributed by atoms with Crippen LogP contribution in [0.3, 0.4) is 0 Å². The Morgan fingerprint density at radius 2 is 1.67 bits per heavy atom. The number of hydrogen-bond donors (Lipinski definition) is 4. The number of ether oxygens (including phenoxy) is 2. The average molecular weight is 332 g/mol. The van der Waals surface area contributed by atoms with Crippen LogP contribution in [0.25, 0.3) is 0 Å². The molecule has 6 heteroatoms. The van der Waals surface area contributed by atoms with Gasteiger partial charge >= 0.3 is 0 Å². The Balaban J connectivity index is 1.92. The molecule has 0 unspecified atom stereocenters. The van der Waals surface area contributed by atoms with Crippen LogP contribution in [0, 0.1) is 0 Å². The second kappa shape index (κ2) is 6.68. The van der Waals surface area contributed by atoms with Crippen LogP contribution < -0.4 is 4.74 Å². The highest BCUT2D eigenvalue weighted by Crippen LogP contribution is 2.40. The van der Waals surface area contributed by atoms with Gasteiger partial charge in [0.05, 0.1) is 25.9 Å². The summed E-state index contributed by atoms with van der Waals surface area (Å²) in [5.74, 6) is -0.143. The van der Waals surface area contributed by atoms with Crippen LogP contribution in [0.1, 0.15) is 23.1 Å². The van der Waals surface area contributed by atoms with Crippen molar-refractivity contribution in [1.29, 1.82) is 0 Å².